The van der Waals surface area contributed by atoms with Gasteiger partial charge in [0.05, 0.1) is 18.9 Å². The molecule has 11 heteroatoms. The van der Waals surface area contributed by atoms with Crippen LogP contribution in [-0.2, 0) is 28.7 Å². The molecular formula is C30H37N3O8. The number of hydrogen-bond acceptors (Lipinski definition) is 7. The topological polar surface area (TPSA) is 162 Å². The molecule has 0 aromatic heterocycles. The van der Waals surface area contributed by atoms with Crippen molar-refractivity contribution >= 4 is 35.4 Å². The van der Waals surface area contributed by atoms with Gasteiger partial charge in [-0.25, -0.2) is 9.59 Å². The zero-order valence-corrected chi connectivity index (χ0v) is 23.5. The molecule has 3 atom stereocenters. The fraction of sp³-hybridized carbons (Fsp3) is 0.433. The summed E-state index contributed by atoms with van der Waals surface area (Å²) in [6, 6.07) is 15.3. The molecule has 2 aromatic carbocycles. The Labute approximate surface area is 238 Å². The lowest BCUT2D eigenvalue weighted by Crippen LogP contribution is -2.61. The van der Waals surface area contributed by atoms with E-state index in [4.69, 9.17) is 9.84 Å². The molecule has 0 saturated carbocycles. The van der Waals surface area contributed by atoms with Gasteiger partial charge in [0.1, 0.15) is 11.6 Å². The van der Waals surface area contributed by atoms with Crippen LogP contribution in [0.5, 0.6) is 0 Å². The Morgan fingerprint density at radius 1 is 0.902 bits per heavy atom. The number of nitrogens with one attached hydrogen (secondary N) is 2. The van der Waals surface area contributed by atoms with E-state index in [2.05, 4.69) is 15.5 Å². The molecule has 1 aliphatic rings. The Hall–Kier alpha value is -4.41. The lowest BCUT2D eigenvalue weighted by molar-refractivity contribution is -0.152. The highest BCUT2D eigenvalue weighted by Gasteiger charge is 2.44. The Kier molecular flexibility index (Phi) is 10.5. The van der Waals surface area contributed by atoms with Gasteiger partial charge in [-0.15, -0.1) is 0 Å². The first-order valence-electron chi connectivity index (χ1n) is 13.5. The summed E-state index contributed by atoms with van der Waals surface area (Å²) >= 11 is 0. The summed E-state index contributed by atoms with van der Waals surface area (Å²) in [5.74, 6) is -4.88. The average molecular weight is 568 g/mol. The van der Waals surface area contributed by atoms with Crippen LogP contribution in [0.15, 0.2) is 54.6 Å². The summed E-state index contributed by atoms with van der Waals surface area (Å²) < 4.78 is 5.09. The Morgan fingerprint density at radius 2 is 1.51 bits per heavy atom. The molecule has 0 aliphatic carbocycles. The molecule has 2 amide bonds. The predicted octanol–water partition coefficient (Wildman–Crippen LogP) is 2.66. The van der Waals surface area contributed by atoms with E-state index in [0.29, 0.717) is 31.5 Å². The first kappa shape index (κ1) is 31.1. The summed E-state index contributed by atoms with van der Waals surface area (Å²) in [4.78, 5) is 63.2. The van der Waals surface area contributed by atoms with E-state index in [1.54, 1.807) is 26.0 Å². The van der Waals surface area contributed by atoms with Crippen molar-refractivity contribution in [3.63, 3.8) is 0 Å². The fourth-order valence-electron chi connectivity index (χ4n) is 4.92. The van der Waals surface area contributed by atoms with Crippen molar-refractivity contribution in [2.75, 3.05) is 25.1 Å². The van der Waals surface area contributed by atoms with Crippen LogP contribution in [0.25, 0.3) is 0 Å². The van der Waals surface area contributed by atoms with Gasteiger partial charge in [-0.1, -0.05) is 42.5 Å². The number of esters is 1. The van der Waals surface area contributed by atoms with Crippen LogP contribution in [0.3, 0.4) is 0 Å². The van der Waals surface area contributed by atoms with Crippen LogP contribution in [0.4, 0.5) is 5.69 Å². The molecule has 11 nitrogen and oxygen atoms in total. The summed E-state index contributed by atoms with van der Waals surface area (Å²) in [6.45, 7) is 4.32. The maximum Gasteiger partial charge on any atom is 0.331 e. The number of rotatable bonds is 12. The highest BCUT2D eigenvalue weighted by atomic mass is 16.5. The molecule has 220 valence electrons. The number of carboxylic acid groups (broad SMARTS) is 2. The third-order valence-electron chi connectivity index (χ3n) is 7.64. The summed E-state index contributed by atoms with van der Waals surface area (Å²) in [5, 5.41) is 23.6. The highest BCUT2D eigenvalue weighted by molar-refractivity contribution is 5.91. The second-order valence-electron chi connectivity index (χ2n) is 10.3. The van der Waals surface area contributed by atoms with Crippen molar-refractivity contribution < 1.29 is 38.9 Å². The molecule has 1 saturated heterocycles. The number of anilines is 1. The van der Waals surface area contributed by atoms with Crippen molar-refractivity contribution in [2.24, 2.45) is 0 Å². The number of piperidine rings is 1. The molecule has 0 bridgehead atoms. The Bertz CT molecular complexity index is 1260. The monoisotopic (exact) mass is 567 g/mol. The third-order valence-corrected chi connectivity index (χ3v) is 7.64. The third kappa shape index (κ3) is 7.84. The standard InChI is InChI=1S/C30H37N3O8/c1-19(21-8-5-4-6-9-21)27(37)32-30(29(40)41-3)14-16-33(17-15-30)23-11-7-10-22(18-23)20(2)26(36)31-24(28(38)39)12-13-25(34)35/h4-11,18-20,24H,12-17H2,1-3H3,(H,31,36)(H,32,37)(H,34,35)(H,38,39)/t19?,20?,24-/m1/s1. The quantitative estimate of drug-likeness (QED) is 0.283. The molecular weight excluding hydrogens is 530 g/mol. The van der Waals surface area contributed by atoms with Crippen LogP contribution in [0, 0.1) is 0 Å². The van der Waals surface area contributed by atoms with E-state index < -0.39 is 47.2 Å². The van der Waals surface area contributed by atoms with Crippen molar-refractivity contribution in [3.8, 4) is 0 Å². The Balaban J connectivity index is 1.69. The molecule has 0 spiro atoms. The van der Waals surface area contributed by atoms with Gasteiger partial charge in [-0.2, -0.15) is 0 Å². The number of hydrogen-bond donors (Lipinski definition) is 4. The molecule has 4 N–H and O–H groups in total. The van der Waals surface area contributed by atoms with Gasteiger partial charge in [-0.05, 0) is 56.4 Å². The maximum absolute atomic E-state index is 13.1. The largest absolute Gasteiger partial charge is 0.481 e. The number of carbonyl (C=O) groups excluding carboxylic acids is 3. The van der Waals surface area contributed by atoms with E-state index in [-0.39, 0.29) is 18.7 Å². The first-order valence-corrected chi connectivity index (χ1v) is 13.5. The number of aliphatic carboxylic acids is 2. The number of carboxylic acids is 2. The molecule has 1 fully saturated rings. The molecule has 2 aromatic rings. The number of ether oxygens (including phenoxy) is 1. The van der Waals surface area contributed by atoms with E-state index in [1.165, 1.54) is 7.11 Å². The number of methoxy groups -OCH3 is 1. The second kappa shape index (κ2) is 13.8. The lowest BCUT2D eigenvalue weighted by Gasteiger charge is -2.41. The SMILES string of the molecule is COC(=O)C1(NC(=O)C(C)c2ccccc2)CCN(c2cccc(C(C)C(=O)N[C@H](CCC(=O)O)C(=O)O)c2)CC1. The van der Waals surface area contributed by atoms with Crippen LogP contribution < -0.4 is 15.5 Å². The van der Waals surface area contributed by atoms with Gasteiger partial charge in [-0.3, -0.25) is 14.4 Å². The van der Waals surface area contributed by atoms with Gasteiger partial charge in [0.15, 0.2) is 0 Å². The fourth-order valence-corrected chi connectivity index (χ4v) is 4.92. The minimum Gasteiger partial charge on any atom is -0.481 e. The predicted molar refractivity (Wildman–Crippen MR) is 150 cm³/mol. The number of amides is 2. The minimum atomic E-state index is -1.31. The zero-order valence-electron chi connectivity index (χ0n) is 23.5. The number of nitrogens with zero attached hydrogens (tertiary/aromatic N) is 1. The average Bonchev–Trinajstić information content (AvgIpc) is 2.98. The van der Waals surface area contributed by atoms with Crippen LogP contribution in [-0.4, -0.2) is 71.7 Å². The summed E-state index contributed by atoms with van der Waals surface area (Å²) in [7, 11) is 1.30. The molecule has 2 unspecified atom stereocenters. The van der Waals surface area contributed by atoms with E-state index in [9.17, 15) is 29.1 Å². The molecule has 0 radical (unpaired) electrons. The number of benzene rings is 2. The maximum atomic E-state index is 13.1. The van der Waals surface area contributed by atoms with Crippen molar-refractivity contribution in [1.82, 2.24) is 10.6 Å². The van der Waals surface area contributed by atoms with E-state index in [1.807, 2.05) is 42.5 Å². The zero-order chi connectivity index (χ0) is 30.2. The van der Waals surface area contributed by atoms with Gasteiger partial charge in [0.2, 0.25) is 11.8 Å². The van der Waals surface area contributed by atoms with Gasteiger partial charge >= 0.3 is 17.9 Å². The van der Waals surface area contributed by atoms with Gasteiger partial charge < -0.3 is 30.5 Å². The van der Waals surface area contributed by atoms with Gasteiger partial charge in [0.25, 0.3) is 0 Å². The molecule has 3 rings (SSSR count). The van der Waals surface area contributed by atoms with Crippen LogP contribution in [0.1, 0.15) is 62.5 Å². The normalized spacial score (nSPS) is 16.5. The number of carbonyl (C=O) groups is 5. The lowest BCUT2D eigenvalue weighted by atomic mass is 9.85. The molecule has 1 aliphatic heterocycles. The highest BCUT2D eigenvalue weighted by Crippen LogP contribution is 2.30. The molecule has 1 heterocycles. The Morgan fingerprint density at radius 3 is 2.10 bits per heavy atom. The summed E-state index contributed by atoms with van der Waals surface area (Å²) in [6.07, 6.45) is 0.0302. The van der Waals surface area contributed by atoms with Crippen molar-refractivity contribution in [2.45, 2.75) is 62.9 Å². The second-order valence-corrected chi connectivity index (χ2v) is 10.3. The summed E-state index contributed by atoms with van der Waals surface area (Å²) in [5.41, 5.74) is 1.13. The van der Waals surface area contributed by atoms with Crippen molar-refractivity contribution in [1.29, 1.82) is 0 Å². The van der Waals surface area contributed by atoms with E-state index in [0.717, 1.165) is 11.3 Å². The minimum absolute atomic E-state index is 0.223. The smallest absolute Gasteiger partial charge is 0.331 e. The van der Waals surface area contributed by atoms with Crippen molar-refractivity contribution in [3.05, 3.63) is 65.7 Å². The van der Waals surface area contributed by atoms with Gasteiger partial charge in [0, 0.05) is 25.2 Å². The van der Waals surface area contributed by atoms with Crippen LogP contribution in [0.2, 0.25) is 0 Å². The first-order chi connectivity index (χ1) is 19.5. The molecule has 41 heavy (non-hydrogen) atoms. The van der Waals surface area contributed by atoms with E-state index >= 15 is 0 Å². The van der Waals surface area contributed by atoms with Crippen LogP contribution >= 0.6 is 0 Å².